The number of carbonyl (C=O) groups is 2. The highest BCUT2D eigenvalue weighted by Crippen LogP contribution is 2.00. The van der Waals surface area contributed by atoms with Crippen LogP contribution in [0, 0.1) is 0 Å². The van der Waals surface area contributed by atoms with Gasteiger partial charge >= 0.3 is 0 Å². The molecule has 0 bridgehead atoms. The maximum atomic E-state index is 11.2. The summed E-state index contributed by atoms with van der Waals surface area (Å²) in [5, 5.41) is 2.83. The highest BCUT2D eigenvalue weighted by atomic mass is 16.2. The molecule has 0 aromatic rings. The Labute approximate surface area is 84.7 Å². The van der Waals surface area contributed by atoms with Gasteiger partial charge in [-0.2, -0.15) is 0 Å². The minimum Gasteiger partial charge on any atom is -0.355 e. The molecule has 0 unspecified atom stereocenters. The molecular weight excluding hydrogens is 180 g/mol. The molecular formula is C10H18N2O2. The summed E-state index contributed by atoms with van der Waals surface area (Å²) < 4.78 is 0. The number of Topliss-reactive ketones (excluding diaryl/α,β-unsaturated/α-hetero) is 1. The zero-order valence-electron chi connectivity index (χ0n) is 8.71. The van der Waals surface area contributed by atoms with Crippen LogP contribution in [0.15, 0.2) is 0 Å². The molecule has 4 heteroatoms. The zero-order chi connectivity index (χ0) is 10.4. The van der Waals surface area contributed by atoms with E-state index in [9.17, 15) is 9.59 Å². The van der Waals surface area contributed by atoms with E-state index in [1.165, 1.54) is 0 Å². The topological polar surface area (TPSA) is 49.4 Å². The van der Waals surface area contributed by atoms with Gasteiger partial charge in [-0.1, -0.05) is 0 Å². The highest BCUT2D eigenvalue weighted by molar-refractivity contribution is 5.78. The highest BCUT2D eigenvalue weighted by Gasteiger charge is 2.13. The van der Waals surface area contributed by atoms with Crippen LogP contribution >= 0.6 is 0 Å². The largest absolute Gasteiger partial charge is 0.355 e. The Kier molecular flexibility index (Phi) is 4.59. The van der Waals surface area contributed by atoms with Crippen molar-refractivity contribution < 1.29 is 9.59 Å². The first-order valence-corrected chi connectivity index (χ1v) is 5.17. The van der Waals surface area contributed by atoms with Gasteiger partial charge in [0.05, 0.1) is 6.54 Å². The average Bonchev–Trinajstić information content (AvgIpc) is 2.29. The van der Waals surface area contributed by atoms with Gasteiger partial charge in [-0.25, -0.2) is 0 Å². The first-order valence-electron chi connectivity index (χ1n) is 5.17. The smallest absolute Gasteiger partial charge is 0.234 e. The maximum absolute atomic E-state index is 11.2. The number of nitrogens with zero attached hydrogens (tertiary/aromatic N) is 1. The predicted octanol–water partition coefficient (Wildman–Crippen LogP) is 0.178. The maximum Gasteiger partial charge on any atom is 0.234 e. The Balaban J connectivity index is 2.21. The lowest BCUT2D eigenvalue weighted by atomic mass is 10.2. The molecule has 1 rings (SSSR count). The third kappa shape index (κ3) is 4.37. The minimum absolute atomic E-state index is 0.102. The SMILES string of the molecule is CC(=O)CCCN1CCCNC(=O)C1. The summed E-state index contributed by atoms with van der Waals surface area (Å²) >= 11 is 0. The van der Waals surface area contributed by atoms with Crippen molar-refractivity contribution >= 4 is 11.7 Å². The van der Waals surface area contributed by atoms with Gasteiger partial charge in [0, 0.05) is 19.5 Å². The van der Waals surface area contributed by atoms with Gasteiger partial charge < -0.3 is 10.1 Å². The Morgan fingerprint density at radius 1 is 1.57 bits per heavy atom. The summed E-state index contributed by atoms with van der Waals surface area (Å²) in [6.07, 6.45) is 2.49. The third-order valence-corrected chi connectivity index (χ3v) is 2.34. The van der Waals surface area contributed by atoms with E-state index in [2.05, 4.69) is 10.2 Å². The second-order valence-electron chi connectivity index (χ2n) is 3.79. The van der Waals surface area contributed by atoms with Gasteiger partial charge in [0.2, 0.25) is 5.91 Å². The van der Waals surface area contributed by atoms with Crippen molar-refractivity contribution in [3.8, 4) is 0 Å². The van der Waals surface area contributed by atoms with Crippen molar-refractivity contribution in [1.29, 1.82) is 0 Å². The first kappa shape index (κ1) is 11.2. The van der Waals surface area contributed by atoms with Crippen LogP contribution in [0.5, 0.6) is 0 Å². The van der Waals surface area contributed by atoms with E-state index < -0.39 is 0 Å². The van der Waals surface area contributed by atoms with Crippen molar-refractivity contribution in [1.82, 2.24) is 10.2 Å². The molecule has 0 aromatic carbocycles. The Morgan fingerprint density at radius 3 is 3.07 bits per heavy atom. The third-order valence-electron chi connectivity index (χ3n) is 2.34. The molecule has 1 heterocycles. The first-order chi connectivity index (χ1) is 6.68. The van der Waals surface area contributed by atoms with Gasteiger partial charge in [-0.3, -0.25) is 9.69 Å². The summed E-state index contributed by atoms with van der Waals surface area (Å²) in [4.78, 5) is 24.0. The van der Waals surface area contributed by atoms with Crippen LogP contribution in [0.2, 0.25) is 0 Å². The lowest BCUT2D eigenvalue weighted by molar-refractivity contribution is -0.121. The number of carbonyl (C=O) groups excluding carboxylic acids is 2. The number of rotatable bonds is 4. The molecule has 0 saturated carbocycles. The van der Waals surface area contributed by atoms with E-state index in [1.54, 1.807) is 6.92 Å². The van der Waals surface area contributed by atoms with Crippen molar-refractivity contribution in [3.63, 3.8) is 0 Å². The standard InChI is InChI=1S/C10H18N2O2/c1-9(13)4-2-6-12-7-3-5-11-10(14)8-12/h2-8H2,1H3,(H,11,14). The van der Waals surface area contributed by atoms with Crippen LogP contribution in [0.25, 0.3) is 0 Å². The number of ketones is 1. The number of nitrogens with one attached hydrogen (secondary N) is 1. The molecule has 14 heavy (non-hydrogen) atoms. The van der Waals surface area contributed by atoms with Crippen LogP contribution in [0.4, 0.5) is 0 Å². The molecule has 0 atom stereocenters. The monoisotopic (exact) mass is 198 g/mol. The van der Waals surface area contributed by atoms with Crippen LogP contribution in [0.1, 0.15) is 26.2 Å². The summed E-state index contributed by atoms with van der Waals surface area (Å²) in [6, 6.07) is 0. The second kappa shape index (κ2) is 5.75. The van der Waals surface area contributed by atoms with E-state index in [1.807, 2.05) is 0 Å². The van der Waals surface area contributed by atoms with Crippen LogP contribution < -0.4 is 5.32 Å². The molecule has 1 fully saturated rings. The molecule has 1 amide bonds. The molecule has 1 aliphatic heterocycles. The van der Waals surface area contributed by atoms with Crippen LogP contribution in [-0.4, -0.2) is 42.8 Å². The van der Waals surface area contributed by atoms with E-state index in [0.717, 1.165) is 32.5 Å². The average molecular weight is 198 g/mol. The van der Waals surface area contributed by atoms with Gasteiger partial charge in [-0.15, -0.1) is 0 Å². The molecule has 0 aromatic heterocycles. The van der Waals surface area contributed by atoms with E-state index in [-0.39, 0.29) is 11.7 Å². The van der Waals surface area contributed by atoms with Crippen LogP contribution in [0.3, 0.4) is 0 Å². The quantitative estimate of drug-likeness (QED) is 0.701. The molecule has 0 spiro atoms. The molecule has 4 nitrogen and oxygen atoms in total. The van der Waals surface area contributed by atoms with Crippen LogP contribution in [-0.2, 0) is 9.59 Å². The molecule has 1 N–H and O–H groups in total. The van der Waals surface area contributed by atoms with Crippen molar-refractivity contribution in [3.05, 3.63) is 0 Å². The summed E-state index contributed by atoms with van der Waals surface area (Å²) in [6.45, 7) is 4.68. The Bertz CT molecular complexity index is 216. The van der Waals surface area contributed by atoms with E-state index in [0.29, 0.717) is 13.0 Å². The normalized spacial score (nSPS) is 18.8. The fourth-order valence-electron chi connectivity index (χ4n) is 1.61. The number of hydrogen-bond acceptors (Lipinski definition) is 3. The second-order valence-corrected chi connectivity index (χ2v) is 3.79. The zero-order valence-corrected chi connectivity index (χ0v) is 8.71. The molecule has 0 radical (unpaired) electrons. The Morgan fingerprint density at radius 2 is 2.36 bits per heavy atom. The van der Waals surface area contributed by atoms with Gasteiger partial charge in [0.1, 0.15) is 5.78 Å². The Hall–Kier alpha value is -0.900. The van der Waals surface area contributed by atoms with Gasteiger partial charge in [0.25, 0.3) is 0 Å². The summed E-state index contributed by atoms with van der Waals surface area (Å²) in [5.74, 6) is 0.328. The fourth-order valence-corrected chi connectivity index (χ4v) is 1.61. The number of hydrogen-bond donors (Lipinski definition) is 1. The van der Waals surface area contributed by atoms with E-state index in [4.69, 9.17) is 0 Å². The van der Waals surface area contributed by atoms with Gasteiger partial charge in [0.15, 0.2) is 0 Å². The molecule has 1 saturated heterocycles. The number of amides is 1. The summed E-state index contributed by atoms with van der Waals surface area (Å²) in [5.41, 5.74) is 0. The van der Waals surface area contributed by atoms with Gasteiger partial charge in [-0.05, 0) is 26.3 Å². The molecule has 80 valence electrons. The van der Waals surface area contributed by atoms with Crippen molar-refractivity contribution in [2.75, 3.05) is 26.2 Å². The van der Waals surface area contributed by atoms with E-state index >= 15 is 0 Å². The van der Waals surface area contributed by atoms with Crippen molar-refractivity contribution in [2.45, 2.75) is 26.2 Å². The minimum atomic E-state index is 0.102. The lowest BCUT2D eigenvalue weighted by Crippen LogP contribution is -2.33. The lowest BCUT2D eigenvalue weighted by Gasteiger charge is -2.17. The summed E-state index contributed by atoms with van der Waals surface area (Å²) in [7, 11) is 0. The predicted molar refractivity (Wildman–Crippen MR) is 54.0 cm³/mol. The fraction of sp³-hybridized carbons (Fsp3) is 0.800. The molecule has 1 aliphatic rings. The molecule has 0 aliphatic carbocycles. The van der Waals surface area contributed by atoms with Crippen molar-refractivity contribution in [2.24, 2.45) is 0 Å².